The van der Waals surface area contributed by atoms with Gasteiger partial charge in [-0.3, -0.25) is 4.98 Å². The lowest BCUT2D eigenvalue weighted by molar-refractivity contribution is -0.148. The van der Waals surface area contributed by atoms with E-state index in [0.717, 1.165) is 11.3 Å². The van der Waals surface area contributed by atoms with Crippen LogP contribution in [0.2, 0.25) is 0 Å². The quantitative estimate of drug-likeness (QED) is 0.928. The minimum atomic E-state index is -4.11. The lowest BCUT2D eigenvalue weighted by Crippen LogP contribution is -2.11. The molecule has 1 aliphatic rings. The van der Waals surface area contributed by atoms with Crippen LogP contribution in [-0.4, -0.2) is 21.1 Å². The molecule has 0 saturated heterocycles. The lowest BCUT2D eigenvalue weighted by Gasteiger charge is -2.03. The van der Waals surface area contributed by atoms with Crippen molar-refractivity contribution >= 4 is 0 Å². The highest BCUT2D eigenvalue weighted by molar-refractivity contribution is 5.21. The van der Waals surface area contributed by atoms with E-state index >= 15 is 0 Å². The lowest BCUT2D eigenvalue weighted by atomic mass is 10.1. The SMILES string of the molecule is FC(F)(F)C1CC1c1nc(Cc2ccncc2)c[nH]1. The van der Waals surface area contributed by atoms with Crippen molar-refractivity contribution in [2.75, 3.05) is 0 Å². The summed E-state index contributed by atoms with van der Waals surface area (Å²) < 4.78 is 37.4. The third kappa shape index (κ3) is 2.62. The topological polar surface area (TPSA) is 41.6 Å². The zero-order valence-corrected chi connectivity index (χ0v) is 9.98. The van der Waals surface area contributed by atoms with E-state index in [9.17, 15) is 13.2 Å². The summed E-state index contributed by atoms with van der Waals surface area (Å²) in [5.41, 5.74) is 1.80. The number of alkyl halides is 3. The molecule has 0 aromatic carbocycles. The summed E-state index contributed by atoms with van der Waals surface area (Å²) in [7, 11) is 0. The minimum absolute atomic E-state index is 0.145. The maximum Gasteiger partial charge on any atom is 0.392 e. The maximum absolute atomic E-state index is 12.5. The van der Waals surface area contributed by atoms with Gasteiger partial charge in [0.25, 0.3) is 0 Å². The Morgan fingerprint density at radius 2 is 2.00 bits per heavy atom. The van der Waals surface area contributed by atoms with Crippen molar-refractivity contribution in [1.29, 1.82) is 0 Å². The van der Waals surface area contributed by atoms with E-state index in [0.29, 0.717) is 12.2 Å². The second-order valence-electron chi connectivity index (χ2n) is 4.80. The molecular formula is C13H12F3N3. The molecule has 2 unspecified atom stereocenters. The highest BCUT2D eigenvalue weighted by Gasteiger charge is 2.57. The number of aromatic amines is 1. The predicted molar refractivity (Wildman–Crippen MR) is 62.5 cm³/mol. The highest BCUT2D eigenvalue weighted by atomic mass is 19.4. The zero-order valence-electron chi connectivity index (χ0n) is 9.98. The molecule has 2 atom stereocenters. The molecule has 0 bridgehead atoms. The first kappa shape index (κ1) is 12.2. The molecule has 1 saturated carbocycles. The third-order valence-electron chi connectivity index (χ3n) is 3.35. The molecule has 2 heterocycles. The Balaban J connectivity index is 1.68. The Kier molecular flexibility index (Phi) is 2.80. The summed E-state index contributed by atoms with van der Waals surface area (Å²) >= 11 is 0. The number of halogens is 3. The van der Waals surface area contributed by atoms with E-state index in [-0.39, 0.29) is 6.42 Å². The van der Waals surface area contributed by atoms with Crippen molar-refractivity contribution in [2.24, 2.45) is 5.92 Å². The van der Waals surface area contributed by atoms with Gasteiger partial charge >= 0.3 is 6.18 Å². The van der Waals surface area contributed by atoms with Gasteiger partial charge in [-0.2, -0.15) is 13.2 Å². The van der Waals surface area contributed by atoms with Crippen LogP contribution in [0, 0.1) is 5.92 Å². The number of imidazole rings is 1. The Hall–Kier alpha value is -1.85. The minimum Gasteiger partial charge on any atom is -0.348 e. The van der Waals surface area contributed by atoms with E-state index in [1.807, 2.05) is 12.1 Å². The largest absolute Gasteiger partial charge is 0.392 e. The van der Waals surface area contributed by atoms with Crippen molar-refractivity contribution < 1.29 is 13.2 Å². The van der Waals surface area contributed by atoms with Crippen LogP contribution in [0.25, 0.3) is 0 Å². The molecule has 1 N–H and O–H groups in total. The Morgan fingerprint density at radius 1 is 1.26 bits per heavy atom. The number of H-pyrrole nitrogens is 1. The first-order chi connectivity index (χ1) is 9.04. The van der Waals surface area contributed by atoms with Gasteiger partial charge in [-0.15, -0.1) is 0 Å². The van der Waals surface area contributed by atoms with Gasteiger partial charge < -0.3 is 4.98 Å². The summed E-state index contributed by atoms with van der Waals surface area (Å²) in [4.78, 5) is 11.0. The van der Waals surface area contributed by atoms with E-state index in [1.54, 1.807) is 18.6 Å². The first-order valence-corrected chi connectivity index (χ1v) is 6.04. The smallest absolute Gasteiger partial charge is 0.348 e. The zero-order chi connectivity index (χ0) is 13.5. The van der Waals surface area contributed by atoms with Crippen LogP contribution >= 0.6 is 0 Å². The number of pyridine rings is 1. The molecule has 100 valence electrons. The molecule has 0 spiro atoms. The van der Waals surface area contributed by atoms with Crippen LogP contribution in [0.15, 0.2) is 30.7 Å². The van der Waals surface area contributed by atoms with Crippen molar-refractivity contribution in [3.05, 3.63) is 47.8 Å². The molecule has 3 rings (SSSR count). The number of nitrogens with zero attached hydrogens (tertiary/aromatic N) is 2. The van der Waals surface area contributed by atoms with E-state index in [4.69, 9.17) is 0 Å². The number of rotatable bonds is 3. The predicted octanol–water partition coefficient (Wildman–Crippen LogP) is 3.06. The number of hydrogen-bond donors (Lipinski definition) is 1. The molecule has 0 aliphatic heterocycles. The fraction of sp³-hybridized carbons (Fsp3) is 0.385. The Labute approximate surface area is 107 Å². The molecule has 0 radical (unpaired) electrons. The summed E-state index contributed by atoms with van der Waals surface area (Å²) in [6.45, 7) is 0. The van der Waals surface area contributed by atoms with Crippen LogP contribution in [-0.2, 0) is 6.42 Å². The van der Waals surface area contributed by atoms with Crippen LogP contribution in [0.1, 0.15) is 29.4 Å². The monoisotopic (exact) mass is 267 g/mol. The van der Waals surface area contributed by atoms with E-state index in [2.05, 4.69) is 15.0 Å². The van der Waals surface area contributed by atoms with Gasteiger partial charge in [-0.05, 0) is 24.1 Å². The molecule has 1 aliphatic carbocycles. The highest BCUT2D eigenvalue weighted by Crippen LogP contribution is 2.55. The average molecular weight is 267 g/mol. The van der Waals surface area contributed by atoms with Crippen molar-refractivity contribution in [1.82, 2.24) is 15.0 Å². The van der Waals surface area contributed by atoms with Gasteiger partial charge in [0.1, 0.15) is 5.82 Å². The second-order valence-corrected chi connectivity index (χ2v) is 4.80. The van der Waals surface area contributed by atoms with Crippen LogP contribution < -0.4 is 0 Å². The Bertz CT molecular complexity index is 562. The second kappa shape index (κ2) is 4.36. The van der Waals surface area contributed by atoms with Gasteiger partial charge in [0.05, 0.1) is 11.6 Å². The number of hydrogen-bond acceptors (Lipinski definition) is 2. The molecule has 0 amide bonds. The molecular weight excluding hydrogens is 255 g/mol. The molecule has 3 nitrogen and oxygen atoms in total. The normalized spacial score (nSPS) is 22.5. The van der Waals surface area contributed by atoms with Gasteiger partial charge in [0.2, 0.25) is 0 Å². The van der Waals surface area contributed by atoms with Gasteiger partial charge in [-0.1, -0.05) is 0 Å². The average Bonchev–Trinajstić information content (AvgIpc) is 3.06. The third-order valence-corrected chi connectivity index (χ3v) is 3.35. The summed E-state index contributed by atoms with van der Waals surface area (Å²) in [6, 6.07) is 3.73. The van der Waals surface area contributed by atoms with Crippen LogP contribution in [0.4, 0.5) is 13.2 Å². The van der Waals surface area contributed by atoms with Gasteiger partial charge in [0.15, 0.2) is 0 Å². The fourth-order valence-corrected chi connectivity index (χ4v) is 2.23. The van der Waals surface area contributed by atoms with Crippen molar-refractivity contribution in [2.45, 2.75) is 24.9 Å². The Morgan fingerprint density at radius 3 is 2.63 bits per heavy atom. The standard InChI is InChI=1S/C13H12F3N3/c14-13(15,16)11-6-10(11)12-18-7-9(19-12)5-8-1-3-17-4-2-8/h1-4,7,10-11H,5-6H2,(H,18,19). The number of aromatic nitrogens is 3. The van der Waals surface area contributed by atoms with Crippen LogP contribution in [0.5, 0.6) is 0 Å². The van der Waals surface area contributed by atoms with E-state index in [1.165, 1.54) is 0 Å². The maximum atomic E-state index is 12.5. The number of nitrogens with one attached hydrogen (secondary N) is 1. The summed E-state index contributed by atoms with van der Waals surface area (Å²) in [5, 5.41) is 0. The molecule has 19 heavy (non-hydrogen) atoms. The first-order valence-electron chi connectivity index (χ1n) is 6.04. The van der Waals surface area contributed by atoms with Crippen molar-refractivity contribution in [3.63, 3.8) is 0 Å². The van der Waals surface area contributed by atoms with Gasteiger partial charge in [0, 0.05) is 30.9 Å². The molecule has 6 heteroatoms. The van der Waals surface area contributed by atoms with Crippen LogP contribution in [0.3, 0.4) is 0 Å². The van der Waals surface area contributed by atoms with Gasteiger partial charge in [-0.25, -0.2) is 4.98 Å². The summed E-state index contributed by atoms with van der Waals surface area (Å²) in [6.07, 6.45) is 1.69. The fourth-order valence-electron chi connectivity index (χ4n) is 2.23. The van der Waals surface area contributed by atoms with E-state index < -0.39 is 18.0 Å². The molecule has 2 aromatic rings. The molecule has 2 aromatic heterocycles. The molecule has 1 fully saturated rings. The van der Waals surface area contributed by atoms with Crippen molar-refractivity contribution in [3.8, 4) is 0 Å². The summed E-state index contributed by atoms with van der Waals surface area (Å²) in [5.74, 6) is -1.27.